The van der Waals surface area contributed by atoms with Gasteiger partial charge in [0.05, 0.1) is 17.8 Å². The maximum absolute atomic E-state index is 12.0. The van der Waals surface area contributed by atoms with Gasteiger partial charge in [-0.15, -0.1) is 11.3 Å². The molecular weight excluding hydrogens is 328 g/mol. The average molecular weight is 341 g/mol. The van der Waals surface area contributed by atoms with E-state index in [2.05, 4.69) is 26.2 Å². The van der Waals surface area contributed by atoms with E-state index in [0.717, 1.165) is 10.2 Å². The number of esters is 1. The number of nitrogens with zero attached hydrogens (tertiary/aromatic N) is 1. The lowest BCUT2D eigenvalue weighted by atomic mass is 10.2. The molecule has 6 heteroatoms. The Morgan fingerprint density at radius 1 is 1.58 bits per heavy atom. The van der Waals surface area contributed by atoms with E-state index in [1.165, 1.54) is 11.3 Å². The second kappa shape index (κ2) is 6.68. The molecule has 2 rings (SSSR count). The normalized spacial score (nSPS) is 11.9. The van der Waals surface area contributed by atoms with Crippen molar-refractivity contribution in [1.29, 1.82) is 0 Å². The minimum Gasteiger partial charge on any atom is -0.464 e. The number of nitrogens with one attached hydrogen (secondary N) is 1. The monoisotopic (exact) mass is 340 g/mol. The Morgan fingerprint density at radius 3 is 3.05 bits per heavy atom. The Labute approximate surface area is 124 Å². The van der Waals surface area contributed by atoms with E-state index >= 15 is 0 Å². The van der Waals surface area contributed by atoms with E-state index in [9.17, 15) is 4.79 Å². The highest BCUT2D eigenvalue weighted by atomic mass is 79.9. The Kier molecular flexibility index (Phi) is 4.93. The Bertz CT molecular complexity index is 545. The molecule has 1 heterocycles. The largest absolute Gasteiger partial charge is 0.464 e. The first-order valence-corrected chi connectivity index (χ1v) is 7.51. The summed E-state index contributed by atoms with van der Waals surface area (Å²) in [5, 5.41) is 4.99. The summed E-state index contributed by atoms with van der Waals surface area (Å²) < 4.78 is 6.02. The molecule has 1 N–H and O–H groups in total. The lowest BCUT2D eigenvalue weighted by Gasteiger charge is -2.16. The summed E-state index contributed by atoms with van der Waals surface area (Å²) in [6, 6.07) is 7.03. The first-order chi connectivity index (χ1) is 9.20. The molecule has 0 spiro atoms. The number of carbonyl (C=O) groups is 1. The van der Waals surface area contributed by atoms with Crippen LogP contribution in [0.25, 0.3) is 0 Å². The molecule has 0 radical (unpaired) electrons. The Morgan fingerprint density at radius 2 is 2.42 bits per heavy atom. The first kappa shape index (κ1) is 14.0. The Balaban J connectivity index is 2.21. The van der Waals surface area contributed by atoms with Gasteiger partial charge >= 0.3 is 5.97 Å². The molecule has 1 aromatic carbocycles. The summed E-state index contributed by atoms with van der Waals surface area (Å²) >= 11 is 4.85. The minimum atomic E-state index is -0.583. The van der Waals surface area contributed by atoms with Crippen LogP contribution in [0.15, 0.2) is 39.6 Å². The van der Waals surface area contributed by atoms with Gasteiger partial charge in [-0.05, 0) is 25.1 Å². The highest BCUT2D eigenvalue weighted by molar-refractivity contribution is 9.10. The summed E-state index contributed by atoms with van der Waals surface area (Å²) in [5.41, 5.74) is 3.20. The molecule has 19 heavy (non-hydrogen) atoms. The summed E-state index contributed by atoms with van der Waals surface area (Å²) in [6.45, 7) is 2.13. The molecule has 1 aromatic heterocycles. The van der Waals surface area contributed by atoms with E-state index in [0.29, 0.717) is 12.3 Å². The van der Waals surface area contributed by atoms with Gasteiger partial charge in [0.15, 0.2) is 6.04 Å². The number of anilines is 1. The molecule has 0 bridgehead atoms. The highest BCUT2D eigenvalue weighted by Gasteiger charge is 2.23. The number of hydrogen-bond donors (Lipinski definition) is 1. The fraction of sp³-hybridized carbons (Fsp3) is 0.231. The third-order valence-electron chi connectivity index (χ3n) is 2.41. The van der Waals surface area contributed by atoms with Crippen molar-refractivity contribution in [2.24, 2.45) is 0 Å². The summed E-state index contributed by atoms with van der Waals surface area (Å²) in [7, 11) is 0. The number of carbonyl (C=O) groups excluding carboxylic acids is 1. The van der Waals surface area contributed by atoms with Crippen LogP contribution in [-0.2, 0) is 9.53 Å². The molecule has 0 amide bonds. The van der Waals surface area contributed by atoms with Gasteiger partial charge in [-0.1, -0.05) is 22.0 Å². The molecule has 2 aromatic rings. The number of thiazole rings is 1. The van der Waals surface area contributed by atoms with E-state index in [-0.39, 0.29) is 5.97 Å². The quantitative estimate of drug-likeness (QED) is 0.844. The second-order valence-electron chi connectivity index (χ2n) is 3.75. The van der Waals surface area contributed by atoms with Crippen molar-refractivity contribution in [1.82, 2.24) is 4.98 Å². The molecule has 0 aliphatic rings. The van der Waals surface area contributed by atoms with Crippen molar-refractivity contribution >= 4 is 38.9 Å². The lowest BCUT2D eigenvalue weighted by molar-refractivity contribution is -0.144. The van der Waals surface area contributed by atoms with Crippen LogP contribution in [0.5, 0.6) is 0 Å². The number of rotatable bonds is 5. The third kappa shape index (κ3) is 3.78. The highest BCUT2D eigenvalue weighted by Crippen LogP contribution is 2.23. The maximum Gasteiger partial charge on any atom is 0.334 e. The number of hydrogen-bond acceptors (Lipinski definition) is 5. The SMILES string of the molecule is CCOC(=O)C(Nc1cccc(Br)c1)c1cscn1. The van der Waals surface area contributed by atoms with Crippen molar-refractivity contribution < 1.29 is 9.53 Å². The second-order valence-corrected chi connectivity index (χ2v) is 5.39. The van der Waals surface area contributed by atoms with Gasteiger partial charge in [0, 0.05) is 15.5 Å². The van der Waals surface area contributed by atoms with Gasteiger partial charge in [-0.2, -0.15) is 0 Å². The van der Waals surface area contributed by atoms with Crippen LogP contribution in [0, 0.1) is 0 Å². The topological polar surface area (TPSA) is 51.2 Å². The van der Waals surface area contributed by atoms with Gasteiger partial charge < -0.3 is 10.1 Å². The average Bonchev–Trinajstić information content (AvgIpc) is 2.90. The van der Waals surface area contributed by atoms with Crippen LogP contribution >= 0.6 is 27.3 Å². The summed E-state index contributed by atoms with van der Waals surface area (Å²) in [4.78, 5) is 16.2. The van der Waals surface area contributed by atoms with Crippen LogP contribution in [0.1, 0.15) is 18.7 Å². The predicted octanol–water partition coefficient (Wildman–Crippen LogP) is 3.62. The third-order valence-corrected chi connectivity index (χ3v) is 3.50. The molecule has 4 nitrogen and oxygen atoms in total. The van der Waals surface area contributed by atoms with Crippen molar-refractivity contribution in [3.63, 3.8) is 0 Å². The molecule has 100 valence electrons. The zero-order chi connectivity index (χ0) is 13.7. The molecule has 0 saturated heterocycles. The van der Waals surface area contributed by atoms with Crippen molar-refractivity contribution in [3.05, 3.63) is 45.3 Å². The van der Waals surface area contributed by atoms with Crippen LogP contribution in [0.3, 0.4) is 0 Å². The Hall–Kier alpha value is -1.40. The van der Waals surface area contributed by atoms with Crippen LogP contribution in [0.2, 0.25) is 0 Å². The van der Waals surface area contributed by atoms with Gasteiger partial charge in [0.25, 0.3) is 0 Å². The number of aromatic nitrogens is 1. The van der Waals surface area contributed by atoms with E-state index in [1.54, 1.807) is 12.4 Å². The van der Waals surface area contributed by atoms with E-state index in [4.69, 9.17) is 4.74 Å². The first-order valence-electron chi connectivity index (χ1n) is 5.77. The maximum atomic E-state index is 12.0. The minimum absolute atomic E-state index is 0.326. The van der Waals surface area contributed by atoms with E-state index in [1.807, 2.05) is 29.6 Å². The summed E-state index contributed by atoms with van der Waals surface area (Å²) in [6.07, 6.45) is 0. The smallest absolute Gasteiger partial charge is 0.334 e. The van der Waals surface area contributed by atoms with Crippen LogP contribution in [-0.4, -0.2) is 17.6 Å². The van der Waals surface area contributed by atoms with Crippen molar-refractivity contribution in [2.75, 3.05) is 11.9 Å². The molecular formula is C13H13BrN2O2S. The predicted molar refractivity (Wildman–Crippen MR) is 79.3 cm³/mol. The molecule has 1 unspecified atom stereocenters. The molecule has 0 fully saturated rings. The summed E-state index contributed by atoms with van der Waals surface area (Å²) in [5.74, 6) is -0.326. The van der Waals surface area contributed by atoms with Crippen molar-refractivity contribution in [2.45, 2.75) is 13.0 Å². The van der Waals surface area contributed by atoms with E-state index < -0.39 is 6.04 Å². The van der Waals surface area contributed by atoms with Gasteiger partial charge in [-0.25, -0.2) is 9.78 Å². The van der Waals surface area contributed by atoms with Crippen LogP contribution in [0.4, 0.5) is 5.69 Å². The van der Waals surface area contributed by atoms with Crippen molar-refractivity contribution in [3.8, 4) is 0 Å². The molecule has 0 aliphatic carbocycles. The zero-order valence-electron chi connectivity index (χ0n) is 10.3. The fourth-order valence-corrected chi connectivity index (χ4v) is 2.57. The molecule has 0 saturated carbocycles. The standard InChI is InChI=1S/C13H13BrN2O2S/c1-2-18-13(17)12(11-7-19-8-15-11)16-10-5-3-4-9(14)6-10/h3-8,12,16H,2H2,1H3. The molecule has 0 aliphatic heterocycles. The van der Waals surface area contributed by atoms with Gasteiger partial charge in [-0.3, -0.25) is 0 Å². The number of benzene rings is 1. The van der Waals surface area contributed by atoms with Crippen LogP contribution < -0.4 is 5.32 Å². The van der Waals surface area contributed by atoms with Gasteiger partial charge in [0.2, 0.25) is 0 Å². The number of ether oxygens (including phenoxy) is 1. The molecule has 1 atom stereocenters. The fourth-order valence-electron chi connectivity index (χ4n) is 1.59. The zero-order valence-corrected chi connectivity index (χ0v) is 12.7. The van der Waals surface area contributed by atoms with Gasteiger partial charge in [0.1, 0.15) is 0 Å². The number of halogens is 1. The lowest BCUT2D eigenvalue weighted by Crippen LogP contribution is -2.23.